The van der Waals surface area contributed by atoms with Crippen LogP contribution in [0.15, 0.2) is 22.7 Å². The van der Waals surface area contributed by atoms with Gasteiger partial charge in [-0.05, 0) is 34.8 Å². The van der Waals surface area contributed by atoms with Gasteiger partial charge in [-0.2, -0.15) is 0 Å². The Morgan fingerprint density at radius 2 is 2.30 bits per heavy atom. The third-order valence-corrected chi connectivity index (χ3v) is 3.31. The number of rotatable bonds is 7. The zero-order valence-electron chi connectivity index (χ0n) is 11.0. The van der Waals surface area contributed by atoms with Gasteiger partial charge in [0.25, 0.3) is 5.69 Å². The fourth-order valence-corrected chi connectivity index (χ4v) is 1.87. The second-order valence-electron chi connectivity index (χ2n) is 4.15. The Balaban J connectivity index is 2.69. The number of non-ortho nitro benzene ring substituents is 1. The van der Waals surface area contributed by atoms with E-state index in [0.29, 0.717) is 29.6 Å². The summed E-state index contributed by atoms with van der Waals surface area (Å²) in [7, 11) is 1.58. The molecule has 0 aliphatic carbocycles. The molecule has 1 aromatic carbocycles. The van der Waals surface area contributed by atoms with E-state index in [1.165, 1.54) is 18.2 Å². The molecule has 0 aromatic heterocycles. The highest BCUT2D eigenvalue weighted by molar-refractivity contribution is 9.10. The van der Waals surface area contributed by atoms with Crippen molar-refractivity contribution in [1.29, 1.82) is 0 Å². The maximum atomic E-state index is 11.9. The van der Waals surface area contributed by atoms with Crippen LogP contribution in [0, 0.1) is 10.1 Å². The highest BCUT2D eigenvalue weighted by Gasteiger charge is 2.16. The Bertz CT molecular complexity index is 496. The van der Waals surface area contributed by atoms with Crippen LogP contribution in [0.4, 0.5) is 11.4 Å². The summed E-state index contributed by atoms with van der Waals surface area (Å²) in [6.45, 7) is 0.529. The zero-order chi connectivity index (χ0) is 15.1. The topological polar surface area (TPSA) is 107 Å². The Kier molecular flexibility index (Phi) is 6.56. The average Bonchev–Trinajstić information content (AvgIpc) is 2.41. The van der Waals surface area contributed by atoms with Gasteiger partial charge in [-0.1, -0.05) is 0 Å². The summed E-state index contributed by atoms with van der Waals surface area (Å²) in [5.41, 5.74) is 5.96. The monoisotopic (exact) mass is 345 g/mol. The second-order valence-corrected chi connectivity index (χ2v) is 5.01. The SMILES string of the molecule is COCCCC(N)C(=O)Nc1cc([N+](=O)[O-])ccc1Br. The van der Waals surface area contributed by atoms with Gasteiger partial charge in [0.05, 0.1) is 16.7 Å². The van der Waals surface area contributed by atoms with E-state index in [9.17, 15) is 14.9 Å². The lowest BCUT2D eigenvalue weighted by Gasteiger charge is -2.13. The molecule has 0 heterocycles. The minimum atomic E-state index is -0.684. The first-order valence-corrected chi connectivity index (χ1v) is 6.74. The van der Waals surface area contributed by atoms with E-state index < -0.39 is 11.0 Å². The van der Waals surface area contributed by atoms with E-state index in [1.54, 1.807) is 7.11 Å². The number of hydrogen-bond acceptors (Lipinski definition) is 5. The van der Waals surface area contributed by atoms with Gasteiger partial charge >= 0.3 is 0 Å². The first-order chi connectivity index (χ1) is 9.45. The minimum Gasteiger partial charge on any atom is -0.385 e. The maximum absolute atomic E-state index is 11.9. The number of nitro benzene ring substituents is 1. The zero-order valence-corrected chi connectivity index (χ0v) is 12.6. The number of nitrogens with zero attached hydrogens (tertiary/aromatic N) is 1. The molecule has 0 bridgehead atoms. The van der Waals surface area contributed by atoms with E-state index in [0.717, 1.165) is 0 Å². The van der Waals surface area contributed by atoms with Crippen molar-refractivity contribution in [3.05, 3.63) is 32.8 Å². The van der Waals surface area contributed by atoms with Crippen LogP contribution in [0.5, 0.6) is 0 Å². The van der Waals surface area contributed by atoms with Gasteiger partial charge in [0.15, 0.2) is 0 Å². The van der Waals surface area contributed by atoms with E-state index in [1.807, 2.05) is 0 Å². The normalized spacial score (nSPS) is 11.9. The number of nitro groups is 1. The quantitative estimate of drug-likeness (QED) is 0.446. The molecular formula is C12H16BrN3O4. The van der Waals surface area contributed by atoms with Crippen LogP contribution < -0.4 is 11.1 Å². The molecular weight excluding hydrogens is 330 g/mol. The number of nitrogens with two attached hydrogens (primary N) is 1. The summed E-state index contributed by atoms with van der Waals surface area (Å²) < 4.78 is 5.44. The number of carbonyl (C=O) groups excluding carboxylic acids is 1. The molecule has 0 radical (unpaired) electrons. The number of amides is 1. The summed E-state index contributed by atoms with van der Waals surface area (Å²) >= 11 is 3.22. The lowest BCUT2D eigenvalue weighted by atomic mass is 10.1. The van der Waals surface area contributed by atoms with Crippen molar-refractivity contribution < 1.29 is 14.5 Å². The third kappa shape index (κ3) is 4.87. The molecule has 0 spiro atoms. The van der Waals surface area contributed by atoms with E-state index in [4.69, 9.17) is 10.5 Å². The highest BCUT2D eigenvalue weighted by atomic mass is 79.9. The molecule has 7 nitrogen and oxygen atoms in total. The molecule has 0 fully saturated rings. The van der Waals surface area contributed by atoms with E-state index in [-0.39, 0.29) is 11.6 Å². The maximum Gasteiger partial charge on any atom is 0.271 e. The lowest BCUT2D eigenvalue weighted by Crippen LogP contribution is -2.35. The molecule has 110 valence electrons. The lowest BCUT2D eigenvalue weighted by molar-refractivity contribution is -0.384. The molecule has 0 aliphatic heterocycles. The van der Waals surface area contributed by atoms with Crippen LogP contribution in [0.25, 0.3) is 0 Å². The van der Waals surface area contributed by atoms with Gasteiger partial charge in [0.1, 0.15) is 0 Å². The molecule has 0 saturated carbocycles. The number of benzene rings is 1. The van der Waals surface area contributed by atoms with Crippen LogP contribution >= 0.6 is 15.9 Å². The molecule has 1 unspecified atom stereocenters. The number of nitrogens with one attached hydrogen (secondary N) is 1. The number of hydrogen-bond donors (Lipinski definition) is 2. The first-order valence-electron chi connectivity index (χ1n) is 5.95. The van der Waals surface area contributed by atoms with E-state index >= 15 is 0 Å². The highest BCUT2D eigenvalue weighted by Crippen LogP contribution is 2.27. The van der Waals surface area contributed by atoms with Crippen molar-refractivity contribution >= 4 is 33.2 Å². The van der Waals surface area contributed by atoms with Crippen molar-refractivity contribution in [2.45, 2.75) is 18.9 Å². The minimum absolute atomic E-state index is 0.101. The predicted octanol–water partition coefficient (Wildman–Crippen LogP) is 2.05. The fourth-order valence-electron chi connectivity index (χ4n) is 1.53. The van der Waals surface area contributed by atoms with Crippen molar-refractivity contribution in [2.24, 2.45) is 5.73 Å². The number of ether oxygens (including phenoxy) is 1. The summed E-state index contributed by atoms with van der Waals surface area (Å²) in [5.74, 6) is -0.387. The summed E-state index contributed by atoms with van der Waals surface area (Å²) in [6.07, 6.45) is 1.15. The summed E-state index contributed by atoms with van der Waals surface area (Å²) in [4.78, 5) is 22.0. The van der Waals surface area contributed by atoms with Crippen LogP contribution in [-0.4, -0.2) is 30.6 Å². The number of anilines is 1. The summed E-state index contributed by atoms with van der Waals surface area (Å²) in [6, 6.07) is 3.45. The van der Waals surface area contributed by atoms with Crippen LogP contribution in [0.2, 0.25) is 0 Å². The Hall–Kier alpha value is -1.51. The molecule has 0 aliphatic rings. The Morgan fingerprint density at radius 3 is 2.90 bits per heavy atom. The van der Waals surface area contributed by atoms with Crippen molar-refractivity contribution in [3.8, 4) is 0 Å². The van der Waals surface area contributed by atoms with Gasteiger partial charge in [-0.3, -0.25) is 14.9 Å². The Labute approximate surface area is 124 Å². The van der Waals surface area contributed by atoms with Gasteiger partial charge < -0.3 is 15.8 Å². The van der Waals surface area contributed by atoms with Gasteiger partial charge in [0, 0.05) is 30.3 Å². The fraction of sp³-hybridized carbons (Fsp3) is 0.417. The van der Waals surface area contributed by atoms with Crippen molar-refractivity contribution in [3.63, 3.8) is 0 Å². The van der Waals surface area contributed by atoms with Gasteiger partial charge in [0.2, 0.25) is 5.91 Å². The molecule has 8 heteroatoms. The molecule has 1 amide bonds. The van der Waals surface area contributed by atoms with Crippen molar-refractivity contribution in [1.82, 2.24) is 0 Å². The largest absolute Gasteiger partial charge is 0.385 e. The molecule has 0 saturated heterocycles. The predicted molar refractivity (Wildman–Crippen MR) is 78.5 cm³/mol. The molecule has 1 rings (SSSR count). The average molecular weight is 346 g/mol. The molecule has 20 heavy (non-hydrogen) atoms. The first kappa shape index (κ1) is 16.5. The molecule has 1 aromatic rings. The molecule has 1 atom stereocenters. The van der Waals surface area contributed by atoms with Crippen LogP contribution in [0.3, 0.4) is 0 Å². The Morgan fingerprint density at radius 1 is 1.60 bits per heavy atom. The molecule has 3 N–H and O–H groups in total. The van der Waals surface area contributed by atoms with Gasteiger partial charge in [-0.15, -0.1) is 0 Å². The number of carbonyl (C=O) groups is 1. The number of methoxy groups -OCH3 is 1. The van der Waals surface area contributed by atoms with Gasteiger partial charge in [-0.25, -0.2) is 0 Å². The van der Waals surface area contributed by atoms with Crippen molar-refractivity contribution in [2.75, 3.05) is 19.0 Å². The number of halogens is 1. The smallest absolute Gasteiger partial charge is 0.271 e. The van der Waals surface area contributed by atoms with E-state index in [2.05, 4.69) is 21.2 Å². The van der Waals surface area contributed by atoms with Crippen LogP contribution in [0.1, 0.15) is 12.8 Å². The third-order valence-electron chi connectivity index (χ3n) is 2.62. The summed E-state index contributed by atoms with van der Waals surface area (Å²) in [5, 5.41) is 13.3. The van der Waals surface area contributed by atoms with Crippen LogP contribution in [-0.2, 0) is 9.53 Å². The standard InChI is InChI=1S/C12H16BrN3O4/c1-20-6-2-3-10(14)12(17)15-11-7-8(16(18)19)4-5-9(11)13/h4-5,7,10H,2-3,6,14H2,1H3,(H,15,17). The second kappa shape index (κ2) is 7.93.